The second-order valence-corrected chi connectivity index (χ2v) is 11.6. The van der Waals surface area contributed by atoms with Crippen molar-refractivity contribution in [1.29, 1.82) is 0 Å². The van der Waals surface area contributed by atoms with E-state index in [1.807, 2.05) is 60.7 Å². The summed E-state index contributed by atoms with van der Waals surface area (Å²) >= 11 is 2.02. The minimum absolute atomic E-state index is 0.0552. The van der Waals surface area contributed by atoms with E-state index in [0.29, 0.717) is 51.2 Å². The second-order valence-electron chi connectivity index (χ2n) is 10.5. The number of aliphatic hydroxyl groups is 2. The minimum atomic E-state index is -1.19. The van der Waals surface area contributed by atoms with Crippen LogP contribution in [0.15, 0.2) is 48.0 Å². The number of nitrogens with one attached hydrogen (secondary N) is 1. The molecule has 2 aromatic rings. The zero-order valence-electron chi connectivity index (χ0n) is 24.3. The lowest BCUT2D eigenvalue weighted by Gasteiger charge is -2.41. The molecule has 0 aromatic heterocycles. The predicted octanol–water partition coefficient (Wildman–Crippen LogP) is 3.15. The monoisotopic (exact) mass is 694 g/mol. The van der Waals surface area contributed by atoms with Crippen LogP contribution in [0.1, 0.15) is 42.6 Å². The summed E-state index contributed by atoms with van der Waals surface area (Å²) in [5.74, 6) is 0.815. The Labute approximate surface area is 260 Å². The second kappa shape index (κ2) is 15.9. The molecule has 0 fully saturated rings. The fraction of sp³-hybridized carbons (Fsp3) is 0.452. The molecule has 0 heterocycles. The van der Waals surface area contributed by atoms with Crippen molar-refractivity contribution >= 4 is 40.7 Å². The van der Waals surface area contributed by atoms with Crippen molar-refractivity contribution in [2.45, 2.75) is 51.4 Å². The number of halogens is 1. The molecule has 228 valence electrons. The number of aldehydes is 1. The fourth-order valence-electron chi connectivity index (χ4n) is 4.86. The van der Waals surface area contributed by atoms with Crippen molar-refractivity contribution in [3.63, 3.8) is 0 Å². The molecule has 2 aromatic carbocycles. The molecule has 2 amide bonds. The van der Waals surface area contributed by atoms with Gasteiger partial charge < -0.3 is 34.6 Å². The number of carbonyl (C=O) groups excluding carboxylic acids is 3. The summed E-state index contributed by atoms with van der Waals surface area (Å²) in [6, 6.07) is 9.96. The molecule has 3 N–H and O–H groups in total. The maximum atomic E-state index is 13.6. The SMILES string of the molecule is COc1cccc(CCN(C(=O)CC(C)C)[C@@H]2CC(C(=O)NCCO)=C[C@H](Oc3c(I)cc(C=O)cc3OC)[C@H]2O)c1. The smallest absolute Gasteiger partial charge is 0.247 e. The largest absolute Gasteiger partial charge is 0.497 e. The fourth-order valence-corrected chi connectivity index (χ4v) is 5.61. The van der Waals surface area contributed by atoms with Crippen LogP contribution in [-0.2, 0) is 16.0 Å². The first-order valence-corrected chi connectivity index (χ1v) is 14.9. The van der Waals surface area contributed by atoms with Crippen LogP contribution in [0.2, 0.25) is 0 Å². The van der Waals surface area contributed by atoms with Gasteiger partial charge in [-0.05, 0) is 70.8 Å². The maximum Gasteiger partial charge on any atom is 0.247 e. The predicted molar refractivity (Wildman–Crippen MR) is 166 cm³/mol. The van der Waals surface area contributed by atoms with E-state index in [4.69, 9.17) is 14.2 Å². The van der Waals surface area contributed by atoms with E-state index in [0.717, 1.165) is 5.56 Å². The van der Waals surface area contributed by atoms with Crippen LogP contribution in [0, 0.1) is 9.49 Å². The minimum Gasteiger partial charge on any atom is -0.497 e. The highest BCUT2D eigenvalue weighted by Gasteiger charge is 2.41. The van der Waals surface area contributed by atoms with E-state index in [1.54, 1.807) is 24.2 Å². The van der Waals surface area contributed by atoms with Crippen LogP contribution in [0.25, 0.3) is 0 Å². The first-order chi connectivity index (χ1) is 20.1. The zero-order valence-corrected chi connectivity index (χ0v) is 26.5. The Kier molecular flexibility index (Phi) is 12.6. The molecule has 3 rings (SSSR count). The third-order valence-corrected chi connectivity index (χ3v) is 7.74. The number of nitrogens with zero attached hydrogens (tertiary/aromatic N) is 1. The van der Waals surface area contributed by atoms with Crippen molar-refractivity contribution in [3.05, 3.63) is 62.7 Å². The van der Waals surface area contributed by atoms with Crippen molar-refractivity contribution in [2.75, 3.05) is 33.9 Å². The Hall–Kier alpha value is -3.16. The molecule has 0 aliphatic heterocycles. The number of rotatable bonds is 14. The molecule has 0 radical (unpaired) electrons. The lowest BCUT2D eigenvalue weighted by Crippen LogP contribution is -2.55. The van der Waals surface area contributed by atoms with E-state index < -0.39 is 24.2 Å². The Morgan fingerprint density at radius 3 is 2.60 bits per heavy atom. The van der Waals surface area contributed by atoms with Gasteiger partial charge in [-0.25, -0.2) is 0 Å². The average molecular weight is 695 g/mol. The van der Waals surface area contributed by atoms with Crippen molar-refractivity contribution in [3.8, 4) is 17.2 Å². The number of hydrogen-bond donors (Lipinski definition) is 3. The highest BCUT2D eigenvalue weighted by atomic mass is 127. The molecule has 11 heteroatoms. The molecule has 3 atom stereocenters. The Bertz CT molecular complexity index is 1280. The van der Waals surface area contributed by atoms with Crippen LogP contribution < -0.4 is 19.5 Å². The van der Waals surface area contributed by atoms with Gasteiger partial charge in [-0.15, -0.1) is 0 Å². The zero-order chi connectivity index (χ0) is 30.8. The first-order valence-electron chi connectivity index (χ1n) is 13.8. The molecule has 1 aliphatic rings. The Morgan fingerprint density at radius 2 is 1.95 bits per heavy atom. The van der Waals surface area contributed by atoms with E-state index in [-0.39, 0.29) is 37.8 Å². The summed E-state index contributed by atoms with van der Waals surface area (Å²) in [5.41, 5.74) is 1.68. The molecule has 1 aliphatic carbocycles. The summed E-state index contributed by atoms with van der Waals surface area (Å²) < 4.78 is 17.7. The van der Waals surface area contributed by atoms with Gasteiger partial charge in [0.1, 0.15) is 24.2 Å². The van der Waals surface area contributed by atoms with Crippen molar-refractivity contribution in [1.82, 2.24) is 10.2 Å². The quantitative estimate of drug-likeness (QED) is 0.203. The Balaban J connectivity index is 2.01. The van der Waals surface area contributed by atoms with Gasteiger partial charge in [0.15, 0.2) is 11.5 Å². The number of carbonyl (C=O) groups is 3. The number of ether oxygens (including phenoxy) is 3. The van der Waals surface area contributed by atoms with Gasteiger partial charge in [0.05, 0.1) is 30.4 Å². The maximum absolute atomic E-state index is 13.6. The summed E-state index contributed by atoms with van der Waals surface area (Å²) in [5, 5.41) is 23.6. The number of amides is 2. The number of benzene rings is 2. The van der Waals surface area contributed by atoms with Gasteiger partial charge in [-0.2, -0.15) is 0 Å². The van der Waals surface area contributed by atoms with Gasteiger partial charge in [-0.3, -0.25) is 14.4 Å². The molecule has 0 saturated carbocycles. The summed E-state index contributed by atoms with van der Waals surface area (Å²) in [6.07, 6.45) is 0.903. The van der Waals surface area contributed by atoms with Crippen molar-refractivity contribution in [2.24, 2.45) is 5.92 Å². The lowest BCUT2D eigenvalue weighted by atomic mass is 9.87. The van der Waals surface area contributed by atoms with Crippen molar-refractivity contribution < 1.29 is 38.8 Å². The molecular weight excluding hydrogens is 655 g/mol. The van der Waals surface area contributed by atoms with Gasteiger partial charge in [0, 0.05) is 37.1 Å². The molecule has 0 unspecified atom stereocenters. The molecule has 0 spiro atoms. The van der Waals surface area contributed by atoms with Crippen LogP contribution in [-0.4, -0.2) is 85.4 Å². The third-order valence-electron chi connectivity index (χ3n) is 6.94. The van der Waals surface area contributed by atoms with E-state index in [2.05, 4.69) is 5.32 Å². The number of hydrogen-bond acceptors (Lipinski definition) is 8. The number of aliphatic hydroxyl groups excluding tert-OH is 2. The van der Waals surface area contributed by atoms with Gasteiger partial charge in [-0.1, -0.05) is 26.0 Å². The normalized spacial score (nSPS) is 18.2. The summed E-state index contributed by atoms with van der Waals surface area (Å²) in [6.45, 7) is 4.02. The van der Waals surface area contributed by atoms with Crippen LogP contribution in [0.4, 0.5) is 0 Å². The standard InChI is InChI=1S/C31H39IN2O8/c1-19(2)12-28(37)34(10-8-20-6-5-7-23(13-20)40-3)25-16-22(31(39)33-9-11-35)17-26(29(25)38)42-30-24(32)14-21(18-36)15-27(30)41-4/h5-7,13-15,17-19,25-26,29,35,38H,8-12,16H2,1-4H3,(H,33,39)/t25-,26+,29+/m1/s1. The van der Waals surface area contributed by atoms with Crippen LogP contribution in [0.3, 0.4) is 0 Å². The number of methoxy groups -OCH3 is 2. The molecule has 42 heavy (non-hydrogen) atoms. The molecule has 10 nitrogen and oxygen atoms in total. The van der Waals surface area contributed by atoms with E-state index in [1.165, 1.54) is 13.2 Å². The summed E-state index contributed by atoms with van der Waals surface area (Å²) in [4.78, 5) is 39.7. The lowest BCUT2D eigenvalue weighted by molar-refractivity contribution is -0.139. The third kappa shape index (κ3) is 8.68. The first kappa shape index (κ1) is 33.3. The summed E-state index contributed by atoms with van der Waals surface area (Å²) in [7, 11) is 3.04. The van der Waals surface area contributed by atoms with Gasteiger partial charge in [0.2, 0.25) is 11.8 Å². The van der Waals surface area contributed by atoms with Gasteiger partial charge in [0.25, 0.3) is 0 Å². The van der Waals surface area contributed by atoms with E-state index in [9.17, 15) is 24.6 Å². The molecular formula is C31H39IN2O8. The van der Waals surface area contributed by atoms with Crippen LogP contribution >= 0.6 is 22.6 Å². The molecule has 0 saturated heterocycles. The molecule has 0 bridgehead atoms. The Morgan fingerprint density at radius 1 is 1.19 bits per heavy atom. The van der Waals surface area contributed by atoms with Crippen LogP contribution in [0.5, 0.6) is 17.2 Å². The van der Waals surface area contributed by atoms with E-state index >= 15 is 0 Å². The average Bonchev–Trinajstić information content (AvgIpc) is 2.97. The highest BCUT2D eigenvalue weighted by Crippen LogP contribution is 2.37. The van der Waals surface area contributed by atoms with Gasteiger partial charge >= 0.3 is 0 Å². The topological polar surface area (TPSA) is 135 Å². The highest BCUT2D eigenvalue weighted by molar-refractivity contribution is 14.1.